The average molecular weight is 463 g/mol. The molecule has 3 aromatic rings. The maximum Gasteiger partial charge on any atom is 0.261 e. The lowest BCUT2D eigenvalue weighted by Gasteiger charge is -2.32. The van der Waals surface area contributed by atoms with Crippen LogP contribution in [0.4, 0.5) is 4.39 Å². The van der Waals surface area contributed by atoms with Crippen LogP contribution in [-0.4, -0.2) is 35.4 Å². The highest BCUT2D eigenvalue weighted by molar-refractivity contribution is 5.88. The number of carbonyl (C=O) groups is 2. The van der Waals surface area contributed by atoms with E-state index in [-0.39, 0.29) is 25.1 Å². The number of carbonyl (C=O) groups excluding carboxylic acids is 2. The molecule has 34 heavy (non-hydrogen) atoms. The molecule has 0 aliphatic rings. The molecule has 0 aliphatic heterocycles. The van der Waals surface area contributed by atoms with E-state index in [1.807, 2.05) is 62.4 Å². The second kappa shape index (κ2) is 12.5. The van der Waals surface area contributed by atoms with Crippen LogP contribution in [0.25, 0.3) is 0 Å². The van der Waals surface area contributed by atoms with Crippen LogP contribution < -0.4 is 10.1 Å². The van der Waals surface area contributed by atoms with Crippen LogP contribution in [0.15, 0.2) is 84.9 Å². The van der Waals surface area contributed by atoms with Crippen molar-refractivity contribution in [2.24, 2.45) is 0 Å². The number of hydrogen-bond donors (Lipinski definition) is 1. The van der Waals surface area contributed by atoms with Crippen molar-refractivity contribution in [3.8, 4) is 5.75 Å². The summed E-state index contributed by atoms with van der Waals surface area (Å²) in [6.45, 7) is 3.58. The molecule has 0 saturated heterocycles. The highest BCUT2D eigenvalue weighted by Crippen LogP contribution is 2.18. The van der Waals surface area contributed by atoms with Crippen molar-refractivity contribution in [2.75, 3.05) is 6.61 Å². The third-order valence-corrected chi connectivity index (χ3v) is 5.68. The lowest BCUT2D eigenvalue weighted by molar-refractivity contribution is -0.143. The molecule has 3 rings (SSSR count). The molecule has 0 bridgehead atoms. The van der Waals surface area contributed by atoms with Gasteiger partial charge in [0.05, 0.1) is 0 Å². The van der Waals surface area contributed by atoms with E-state index in [0.29, 0.717) is 17.7 Å². The van der Waals surface area contributed by atoms with Crippen molar-refractivity contribution in [3.05, 3.63) is 102 Å². The van der Waals surface area contributed by atoms with Gasteiger partial charge in [-0.1, -0.05) is 73.7 Å². The van der Waals surface area contributed by atoms with Crippen molar-refractivity contribution in [2.45, 2.75) is 45.3 Å². The quantitative estimate of drug-likeness (QED) is 0.447. The van der Waals surface area contributed by atoms with Gasteiger partial charge in [-0.3, -0.25) is 9.59 Å². The zero-order valence-electron chi connectivity index (χ0n) is 19.6. The number of benzene rings is 3. The number of nitrogens with zero attached hydrogens (tertiary/aromatic N) is 1. The standard InChI is InChI=1S/C28H31FN2O3/c1-3-21(2)30-28(33)26(18-22-12-6-4-7-13-22)31(19-23-14-10-11-17-25(23)29)27(32)20-34-24-15-8-5-9-16-24/h4-17,21,26H,3,18-20H2,1-2H3,(H,30,33)/t21-,26-/m0/s1. The first-order valence-electron chi connectivity index (χ1n) is 11.5. The van der Waals surface area contributed by atoms with Crippen molar-refractivity contribution < 1.29 is 18.7 Å². The van der Waals surface area contributed by atoms with Gasteiger partial charge < -0.3 is 15.0 Å². The summed E-state index contributed by atoms with van der Waals surface area (Å²) in [6.07, 6.45) is 1.05. The Kier molecular flexibility index (Phi) is 9.21. The molecular formula is C28H31FN2O3. The van der Waals surface area contributed by atoms with E-state index in [0.717, 1.165) is 12.0 Å². The van der Waals surface area contributed by atoms with Crippen LogP contribution in [0.1, 0.15) is 31.4 Å². The Morgan fingerprint density at radius 2 is 1.56 bits per heavy atom. The van der Waals surface area contributed by atoms with Gasteiger partial charge in [0, 0.05) is 24.6 Å². The topological polar surface area (TPSA) is 58.6 Å². The van der Waals surface area contributed by atoms with Crippen molar-refractivity contribution in [1.29, 1.82) is 0 Å². The fourth-order valence-corrected chi connectivity index (χ4v) is 3.55. The first-order valence-corrected chi connectivity index (χ1v) is 11.5. The molecule has 0 spiro atoms. The highest BCUT2D eigenvalue weighted by atomic mass is 19.1. The van der Waals surface area contributed by atoms with Crippen molar-refractivity contribution >= 4 is 11.8 Å². The minimum atomic E-state index is -0.831. The van der Waals surface area contributed by atoms with E-state index in [9.17, 15) is 14.0 Å². The van der Waals surface area contributed by atoms with Crippen molar-refractivity contribution in [3.63, 3.8) is 0 Å². The van der Waals surface area contributed by atoms with Gasteiger partial charge in [-0.05, 0) is 37.1 Å². The van der Waals surface area contributed by atoms with Crippen LogP contribution in [0.5, 0.6) is 5.75 Å². The number of hydrogen-bond acceptors (Lipinski definition) is 3. The number of nitrogens with one attached hydrogen (secondary N) is 1. The smallest absolute Gasteiger partial charge is 0.261 e. The molecule has 6 heteroatoms. The molecule has 178 valence electrons. The van der Waals surface area contributed by atoms with Crippen LogP contribution in [0, 0.1) is 5.82 Å². The van der Waals surface area contributed by atoms with E-state index in [2.05, 4.69) is 5.32 Å². The fraction of sp³-hybridized carbons (Fsp3) is 0.286. The molecule has 5 nitrogen and oxygen atoms in total. The van der Waals surface area contributed by atoms with Gasteiger partial charge in [-0.2, -0.15) is 0 Å². The zero-order valence-corrected chi connectivity index (χ0v) is 19.6. The van der Waals surface area contributed by atoms with Crippen molar-refractivity contribution in [1.82, 2.24) is 10.2 Å². The predicted octanol–water partition coefficient (Wildman–Crippen LogP) is 4.76. The molecule has 0 radical (unpaired) electrons. The monoisotopic (exact) mass is 462 g/mol. The number of halogens is 1. The molecule has 0 unspecified atom stereocenters. The minimum absolute atomic E-state index is 0.0465. The van der Waals surface area contributed by atoms with E-state index in [1.54, 1.807) is 30.3 Å². The molecule has 0 fully saturated rings. The molecule has 0 heterocycles. The van der Waals surface area contributed by atoms with Gasteiger partial charge in [-0.25, -0.2) is 4.39 Å². The lowest BCUT2D eigenvalue weighted by Crippen LogP contribution is -2.53. The average Bonchev–Trinajstić information content (AvgIpc) is 2.86. The van der Waals surface area contributed by atoms with E-state index < -0.39 is 17.8 Å². The Labute approximate surface area is 200 Å². The Bertz CT molecular complexity index is 1060. The fourth-order valence-electron chi connectivity index (χ4n) is 3.55. The minimum Gasteiger partial charge on any atom is -0.484 e. The molecule has 0 saturated carbocycles. The summed E-state index contributed by atoms with van der Waals surface area (Å²) in [5.74, 6) is -0.551. The number of ether oxygens (including phenoxy) is 1. The number of rotatable bonds is 11. The van der Waals surface area contributed by atoms with E-state index >= 15 is 0 Å². The Morgan fingerprint density at radius 1 is 0.941 bits per heavy atom. The Hall–Kier alpha value is -3.67. The summed E-state index contributed by atoms with van der Waals surface area (Å²) in [5, 5.41) is 2.99. The normalized spacial score (nSPS) is 12.4. The molecule has 1 N–H and O–H groups in total. The van der Waals surface area contributed by atoms with Crippen LogP contribution in [-0.2, 0) is 22.6 Å². The Balaban J connectivity index is 1.92. The van der Waals surface area contributed by atoms with Gasteiger partial charge >= 0.3 is 0 Å². The first-order chi connectivity index (χ1) is 16.5. The summed E-state index contributed by atoms with van der Waals surface area (Å²) < 4.78 is 20.2. The molecule has 0 aliphatic carbocycles. The first kappa shape index (κ1) is 25.0. The summed E-state index contributed by atoms with van der Waals surface area (Å²) in [7, 11) is 0. The molecular weight excluding hydrogens is 431 g/mol. The van der Waals surface area contributed by atoms with E-state index in [1.165, 1.54) is 11.0 Å². The molecule has 3 aromatic carbocycles. The maximum absolute atomic E-state index is 14.6. The van der Waals surface area contributed by atoms with Crippen LogP contribution >= 0.6 is 0 Å². The summed E-state index contributed by atoms with van der Waals surface area (Å²) >= 11 is 0. The van der Waals surface area contributed by atoms with Gasteiger partial charge in [0.2, 0.25) is 5.91 Å². The van der Waals surface area contributed by atoms with E-state index in [4.69, 9.17) is 4.74 Å². The van der Waals surface area contributed by atoms with Gasteiger partial charge in [0.25, 0.3) is 5.91 Å². The van der Waals surface area contributed by atoms with Gasteiger partial charge in [-0.15, -0.1) is 0 Å². The van der Waals surface area contributed by atoms with Crippen LogP contribution in [0.3, 0.4) is 0 Å². The number of para-hydroxylation sites is 1. The SMILES string of the molecule is CC[C@H](C)NC(=O)[C@H](Cc1ccccc1)N(Cc1ccccc1F)C(=O)COc1ccccc1. The highest BCUT2D eigenvalue weighted by Gasteiger charge is 2.31. The third-order valence-electron chi connectivity index (χ3n) is 5.68. The summed E-state index contributed by atoms with van der Waals surface area (Å²) in [6, 6.07) is 23.9. The summed E-state index contributed by atoms with van der Waals surface area (Å²) in [5.41, 5.74) is 1.24. The van der Waals surface area contributed by atoms with Gasteiger partial charge in [0.15, 0.2) is 6.61 Å². The summed E-state index contributed by atoms with van der Waals surface area (Å²) in [4.78, 5) is 28.2. The second-order valence-electron chi connectivity index (χ2n) is 8.24. The number of amides is 2. The maximum atomic E-state index is 14.6. The third kappa shape index (κ3) is 7.17. The predicted molar refractivity (Wildman–Crippen MR) is 131 cm³/mol. The largest absolute Gasteiger partial charge is 0.484 e. The Morgan fingerprint density at radius 3 is 2.21 bits per heavy atom. The van der Waals surface area contributed by atoms with Gasteiger partial charge in [0.1, 0.15) is 17.6 Å². The lowest BCUT2D eigenvalue weighted by atomic mass is 10.0. The second-order valence-corrected chi connectivity index (χ2v) is 8.24. The van der Waals surface area contributed by atoms with Crippen LogP contribution in [0.2, 0.25) is 0 Å². The molecule has 2 atom stereocenters. The molecule has 2 amide bonds. The zero-order chi connectivity index (χ0) is 24.3. The molecule has 0 aromatic heterocycles.